The molecule has 0 aliphatic heterocycles. The topological polar surface area (TPSA) is 92.9 Å². The van der Waals surface area contributed by atoms with Crippen LogP contribution >= 0.6 is 0 Å². The molecule has 0 amide bonds. The third kappa shape index (κ3) is 3.74. The highest BCUT2D eigenvalue weighted by Crippen LogP contribution is 2.40. The van der Waals surface area contributed by atoms with Crippen LogP contribution in [-0.4, -0.2) is 30.8 Å². The van der Waals surface area contributed by atoms with Crippen molar-refractivity contribution in [3.05, 3.63) is 94.9 Å². The monoisotopic (exact) mass is 485 g/mol. The highest BCUT2D eigenvalue weighted by atomic mass is 19.2. The molecule has 5 aromatic rings. The molecule has 36 heavy (non-hydrogen) atoms. The molecule has 0 fully saturated rings. The summed E-state index contributed by atoms with van der Waals surface area (Å²) in [4.78, 5) is 20.1. The first-order valence-electron chi connectivity index (χ1n) is 11.1. The molecule has 2 heterocycles. The molecule has 2 N–H and O–H groups in total. The Morgan fingerprint density at radius 2 is 1.67 bits per heavy atom. The largest absolute Gasteiger partial charge is 0.478 e. The number of para-hydroxylation sites is 2. The van der Waals surface area contributed by atoms with Gasteiger partial charge in [0.15, 0.2) is 11.6 Å². The van der Waals surface area contributed by atoms with E-state index in [2.05, 4.69) is 20.4 Å². The fourth-order valence-electron chi connectivity index (χ4n) is 4.30. The Morgan fingerprint density at radius 1 is 0.944 bits per heavy atom. The first-order valence-corrected chi connectivity index (χ1v) is 11.1. The van der Waals surface area contributed by atoms with Gasteiger partial charge < -0.3 is 10.4 Å². The van der Waals surface area contributed by atoms with E-state index in [4.69, 9.17) is 0 Å². The Labute approximate surface area is 205 Å². The van der Waals surface area contributed by atoms with Gasteiger partial charge in [0, 0.05) is 18.0 Å². The minimum absolute atomic E-state index is 0.0344. The van der Waals surface area contributed by atoms with Crippen molar-refractivity contribution in [2.75, 3.05) is 5.32 Å². The minimum atomic E-state index is -1.13. The number of aryl methyl sites for hydroxylation is 3. The highest BCUT2D eigenvalue weighted by molar-refractivity contribution is 5.97. The maximum atomic E-state index is 15.5. The molecule has 0 aliphatic rings. The number of halogens is 2. The van der Waals surface area contributed by atoms with Gasteiger partial charge in [-0.05, 0) is 50.1 Å². The molecule has 0 bridgehead atoms. The van der Waals surface area contributed by atoms with Gasteiger partial charge in [0.05, 0.1) is 33.7 Å². The Balaban J connectivity index is 1.84. The predicted molar refractivity (Wildman–Crippen MR) is 133 cm³/mol. The lowest BCUT2D eigenvalue weighted by molar-refractivity contribution is 0.0698. The number of hydrogen-bond acceptors (Lipinski definition) is 5. The molecule has 5 rings (SSSR count). The number of benzene rings is 3. The lowest BCUT2D eigenvalue weighted by atomic mass is 10.0. The number of aromatic nitrogens is 4. The van der Waals surface area contributed by atoms with E-state index in [1.807, 2.05) is 31.2 Å². The third-order valence-electron chi connectivity index (χ3n) is 6.06. The summed E-state index contributed by atoms with van der Waals surface area (Å²) in [7, 11) is 0. The van der Waals surface area contributed by atoms with Gasteiger partial charge in [-0.3, -0.25) is 4.98 Å². The minimum Gasteiger partial charge on any atom is -0.478 e. The number of carbonyl (C=O) groups is 1. The molecule has 2 aromatic heterocycles. The van der Waals surface area contributed by atoms with E-state index in [1.54, 1.807) is 30.7 Å². The van der Waals surface area contributed by atoms with E-state index in [9.17, 15) is 9.90 Å². The molecular weight excluding hydrogens is 464 g/mol. The maximum Gasteiger partial charge on any atom is 0.337 e. The number of nitrogens with one attached hydrogen (secondary N) is 1. The van der Waals surface area contributed by atoms with E-state index in [-0.39, 0.29) is 27.7 Å². The molecule has 0 saturated heterocycles. The normalized spacial score (nSPS) is 11.1. The molecule has 9 heteroatoms. The average molecular weight is 485 g/mol. The van der Waals surface area contributed by atoms with Crippen LogP contribution in [0.4, 0.5) is 20.3 Å². The lowest BCUT2D eigenvalue weighted by Gasteiger charge is -2.17. The van der Waals surface area contributed by atoms with Crippen LogP contribution in [0.5, 0.6) is 0 Å². The zero-order valence-corrected chi connectivity index (χ0v) is 19.7. The molecule has 0 atom stereocenters. The number of carboxylic acid groups (broad SMARTS) is 1. The second kappa shape index (κ2) is 8.84. The summed E-state index contributed by atoms with van der Waals surface area (Å²) in [6, 6.07) is 13.8. The van der Waals surface area contributed by atoms with Crippen molar-refractivity contribution in [2.45, 2.75) is 20.8 Å². The van der Waals surface area contributed by atoms with Crippen molar-refractivity contribution in [1.82, 2.24) is 19.7 Å². The van der Waals surface area contributed by atoms with E-state index < -0.39 is 17.6 Å². The summed E-state index contributed by atoms with van der Waals surface area (Å²) >= 11 is 0. The van der Waals surface area contributed by atoms with Crippen LogP contribution in [0.2, 0.25) is 0 Å². The van der Waals surface area contributed by atoms with Gasteiger partial charge in [0.1, 0.15) is 11.3 Å². The molecule has 0 unspecified atom stereocenters. The van der Waals surface area contributed by atoms with Crippen molar-refractivity contribution < 1.29 is 18.7 Å². The van der Waals surface area contributed by atoms with Gasteiger partial charge >= 0.3 is 5.97 Å². The highest BCUT2D eigenvalue weighted by Gasteiger charge is 2.26. The second-order valence-electron chi connectivity index (χ2n) is 8.41. The van der Waals surface area contributed by atoms with E-state index >= 15 is 8.78 Å². The van der Waals surface area contributed by atoms with Gasteiger partial charge in [-0.1, -0.05) is 30.3 Å². The molecule has 7 nitrogen and oxygen atoms in total. The van der Waals surface area contributed by atoms with Gasteiger partial charge in [-0.25, -0.2) is 23.2 Å². The number of hydrogen-bond donors (Lipinski definition) is 2. The molecule has 0 radical (unpaired) electrons. The standard InChI is InChI=1S/C27H21F2N5O2/c1-14-7-4-5-10-20(14)34-26(32-24-15(2)8-6-9-17(24)27(35)36)21(16(3)33-34)18-13-19-25(23(29)22(18)28)31-12-11-30-19/h4-13,32H,1-3H3,(H,35,36). The van der Waals surface area contributed by atoms with Crippen molar-refractivity contribution in [3.8, 4) is 16.8 Å². The van der Waals surface area contributed by atoms with Crippen molar-refractivity contribution >= 4 is 28.5 Å². The quantitative estimate of drug-likeness (QED) is 0.311. The zero-order valence-electron chi connectivity index (χ0n) is 19.7. The second-order valence-corrected chi connectivity index (χ2v) is 8.41. The number of anilines is 2. The van der Waals surface area contributed by atoms with Crippen molar-refractivity contribution in [3.63, 3.8) is 0 Å². The SMILES string of the molecule is Cc1ccccc1-n1nc(C)c(-c2cc3nccnc3c(F)c2F)c1Nc1c(C)cccc1C(=O)O. The zero-order chi connectivity index (χ0) is 25.6. The number of fused-ring (bicyclic) bond motifs is 1. The first-order chi connectivity index (χ1) is 17.3. The molecule has 3 aromatic carbocycles. The van der Waals surface area contributed by atoms with Crippen LogP contribution < -0.4 is 5.32 Å². The smallest absolute Gasteiger partial charge is 0.337 e. The number of nitrogens with zero attached hydrogens (tertiary/aromatic N) is 4. The summed E-state index contributed by atoms with van der Waals surface area (Å²) in [5.41, 5.74) is 3.23. The Hall–Kier alpha value is -4.66. The Kier molecular flexibility index (Phi) is 5.68. The van der Waals surface area contributed by atoms with Crippen LogP contribution in [0.15, 0.2) is 60.9 Å². The predicted octanol–water partition coefficient (Wildman–Crippen LogP) is 6.13. The van der Waals surface area contributed by atoms with Gasteiger partial charge in [0.2, 0.25) is 0 Å². The third-order valence-corrected chi connectivity index (χ3v) is 6.06. The van der Waals surface area contributed by atoms with Crippen LogP contribution in [-0.2, 0) is 0 Å². The molecule has 0 aliphatic carbocycles. The molecule has 180 valence electrons. The first kappa shape index (κ1) is 23.1. The summed E-state index contributed by atoms with van der Waals surface area (Å²) in [6.07, 6.45) is 2.70. The van der Waals surface area contributed by atoms with Crippen molar-refractivity contribution in [2.24, 2.45) is 0 Å². The maximum absolute atomic E-state index is 15.5. The van der Waals surface area contributed by atoms with Crippen molar-refractivity contribution in [1.29, 1.82) is 0 Å². The van der Waals surface area contributed by atoms with E-state index in [0.717, 1.165) is 5.56 Å². The van der Waals surface area contributed by atoms with E-state index in [1.165, 1.54) is 24.5 Å². The fourth-order valence-corrected chi connectivity index (χ4v) is 4.30. The molecular formula is C27H21F2N5O2. The van der Waals surface area contributed by atoms with Crippen LogP contribution in [0, 0.1) is 32.4 Å². The summed E-state index contributed by atoms with van der Waals surface area (Å²) < 4.78 is 32.1. The average Bonchev–Trinajstić information content (AvgIpc) is 3.18. The Bertz CT molecular complexity index is 1660. The van der Waals surface area contributed by atoms with E-state index in [0.29, 0.717) is 28.5 Å². The molecule has 0 saturated carbocycles. The van der Waals surface area contributed by atoms with Gasteiger partial charge in [0.25, 0.3) is 0 Å². The van der Waals surface area contributed by atoms with Crippen LogP contribution in [0.25, 0.3) is 27.8 Å². The number of carboxylic acids is 1. The van der Waals surface area contributed by atoms with Gasteiger partial charge in [-0.2, -0.15) is 5.10 Å². The van der Waals surface area contributed by atoms with Crippen LogP contribution in [0.1, 0.15) is 27.2 Å². The fraction of sp³-hybridized carbons (Fsp3) is 0.111. The lowest BCUT2D eigenvalue weighted by Crippen LogP contribution is -2.09. The number of rotatable bonds is 5. The van der Waals surface area contributed by atoms with Crippen LogP contribution in [0.3, 0.4) is 0 Å². The summed E-state index contributed by atoms with van der Waals surface area (Å²) in [5, 5.41) is 17.6. The summed E-state index contributed by atoms with van der Waals surface area (Å²) in [6.45, 7) is 5.35. The number of aromatic carboxylic acids is 1. The molecule has 0 spiro atoms. The summed E-state index contributed by atoms with van der Waals surface area (Å²) in [5.74, 6) is -3.05. The van der Waals surface area contributed by atoms with Gasteiger partial charge in [-0.15, -0.1) is 0 Å². The Morgan fingerprint density at radius 3 is 2.42 bits per heavy atom.